The number of anilines is 1. The Bertz CT molecular complexity index is 584. The Morgan fingerprint density at radius 3 is 2.90 bits per heavy atom. The minimum atomic E-state index is 0.391. The number of nitrogens with two attached hydrogens (primary N) is 1. The first kappa shape index (κ1) is 13.1. The lowest BCUT2D eigenvalue weighted by atomic mass is 9.87. The summed E-state index contributed by atoms with van der Waals surface area (Å²) in [5.41, 5.74) is 8.95. The molecule has 0 aliphatic heterocycles. The number of rotatable bonds is 2. The molecule has 2 unspecified atom stereocenters. The first-order chi connectivity index (χ1) is 9.66. The summed E-state index contributed by atoms with van der Waals surface area (Å²) in [7, 11) is 0. The molecule has 0 spiro atoms. The molecule has 1 fully saturated rings. The maximum absolute atomic E-state index is 6.13. The lowest BCUT2D eigenvalue weighted by molar-refractivity contribution is 0.265. The summed E-state index contributed by atoms with van der Waals surface area (Å²) in [5, 5.41) is 12.4. The molecule has 1 aromatic carbocycles. The molecule has 2 N–H and O–H groups in total. The van der Waals surface area contributed by atoms with Crippen LogP contribution in [0.5, 0.6) is 0 Å². The Labute approximate surface area is 119 Å². The Hall–Kier alpha value is -1.91. The molecular weight excluding hydrogens is 250 g/mol. The predicted molar refractivity (Wildman–Crippen MR) is 79.1 cm³/mol. The van der Waals surface area contributed by atoms with E-state index in [0.29, 0.717) is 6.04 Å². The van der Waals surface area contributed by atoms with E-state index in [1.165, 1.54) is 12.8 Å². The predicted octanol–water partition coefficient (Wildman–Crippen LogP) is 2.98. The molecule has 0 bridgehead atoms. The number of benzene rings is 1. The van der Waals surface area contributed by atoms with Gasteiger partial charge in [-0.25, -0.2) is 4.68 Å². The number of nitrogens with zero attached hydrogens (tertiary/aromatic N) is 4. The van der Waals surface area contributed by atoms with E-state index in [2.05, 4.69) is 22.4 Å². The second-order valence-electron chi connectivity index (χ2n) is 5.91. The van der Waals surface area contributed by atoms with Crippen molar-refractivity contribution in [3.8, 4) is 11.4 Å². The van der Waals surface area contributed by atoms with Crippen molar-refractivity contribution in [1.29, 1.82) is 0 Å². The Morgan fingerprint density at radius 2 is 2.15 bits per heavy atom. The van der Waals surface area contributed by atoms with E-state index in [0.717, 1.165) is 41.4 Å². The van der Waals surface area contributed by atoms with Crippen LogP contribution in [0, 0.1) is 12.8 Å². The summed E-state index contributed by atoms with van der Waals surface area (Å²) < 4.78 is 1.98. The zero-order valence-electron chi connectivity index (χ0n) is 12.1. The molecule has 1 aromatic heterocycles. The van der Waals surface area contributed by atoms with Crippen LogP contribution in [-0.4, -0.2) is 20.2 Å². The second-order valence-corrected chi connectivity index (χ2v) is 5.91. The van der Waals surface area contributed by atoms with Gasteiger partial charge in [-0.1, -0.05) is 31.9 Å². The highest BCUT2D eigenvalue weighted by Gasteiger charge is 2.25. The average molecular weight is 271 g/mol. The Kier molecular flexibility index (Phi) is 3.42. The van der Waals surface area contributed by atoms with Crippen LogP contribution in [0.4, 0.5) is 5.69 Å². The third-order valence-electron chi connectivity index (χ3n) is 4.28. The smallest absolute Gasteiger partial charge is 0.184 e. The van der Waals surface area contributed by atoms with Crippen LogP contribution < -0.4 is 5.73 Å². The van der Waals surface area contributed by atoms with Crippen LogP contribution in [0.3, 0.4) is 0 Å². The molecule has 1 heterocycles. The SMILES string of the molecule is Cc1cccc(N)c1-c1nnnn1C1CCCC(C)C1. The lowest BCUT2D eigenvalue weighted by Crippen LogP contribution is -2.20. The zero-order chi connectivity index (χ0) is 14.1. The van der Waals surface area contributed by atoms with Gasteiger partial charge in [-0.2, -0.15) is 0 Å². The summed E-state index contributed by atoms with van der Waals surface area (Å²) in [6.45, 7) is 4.35. The van der Waals surface area contributed by atoms with Crippen LogP contribution in [0.2, 0.25) is 0 Å². The molecule has 3 rings (SSSR count). The number of tetrazole rings is 1. The molecule has 5 nitrogen and oxygen atoms in total. The number of aromatic nitrogens is 4. The fourth-order valence-electron chi connectivity index (χ4n) is 3.22. The van der Waals surface area contributed by atoms with Crippen LogP contribution in [-0.2, 0) is 0 Å². The van der Waals surface area contributed by atoms with Gasteiger partial charge in [-0.15, -0.1) is 5.10 Å². The maximum Gasteiger partial charge on any atom is 0.184 e. The Morgan fingerprint density at radius 1 is 1.30 bits per heavy atom. The highest BCUT2D eigenvalue weighted by atomic mass is 15.5. The molecular formula is C15H21N5. The van der Waals surface area contributed by atoms with Crippen molar-refractivity contribution in [3.63, 3.8) is 0 Å². The molecule has 1 saturated carbocycles. The number of nitrogen functional groups attached to an aromatic ring is 1. The van der Waals surface area contributed by atoms with Crippen molar-refractivity contribution in [2.45, 2.75) is 45.6 Å². The topological polar surface area (TPSA) is 69.6 Å². The quantitative estimate of drug-likeness (QED) is 0.852. The van der Waals surface area contributed by atoms with Crippen molar-refractivity contribution in [2.75, 3.05) is 5.73 Å². The van der Waals surface area contributed by atoms with Gasteiger partial charge in [0.25, 0.3) is 0 Å². The highest BCUT2D eigenvalue weighted by molar-refractivity contribution is 5.74. The van der Waals surface area contributed by atoms with Gasteiger partial charge in [0, 0.05) is 11.3 Å². The van der Waals surface area contributed by atoms with Crippen molar-refractivity contribution in [3.05, 3.63) is 23.8 Å². The minimum absolute atomic E-state index is 0.391. The molecule has 1 aliphatic rings. The van der Waals surface area contributed by atoms with Crippen molar-refractivity contribution in [1.82, 2.24) is 20.2 Å². The molecule has 20 heavy (non-hydrogen) atoms. The normalized spacial score (nSPS) is 22.9. The first-order valence-electron chi connectivity index (χ1n) is 7.30. The van der Waals surface area contributed by atoms with Gasteiger partial charge >= 0.3 is 0 Å². The summed E-state index contributed by atoms with van der Waals surface area (Å²) in [6.07, 6.45) is 4.84. The van der Waals surface area contributed by atoms with Crippen molar-refractivity contribution in [2.24, 2.45) is 5.92 Å². The molecule has 1 aliphatic carbocycles. The monoisotopic (exact) mass is 271 g/mol. The molecule has 5 heteroatoms. The molecule has 0 radical (unpaired) electrons. The third kappa shape index (κ3) is 2.28. The van der Waals surface area contributed by atoms with E-state index in [1.54, 1.807) is 0 Å². The zero-order valence-corrected chi connectivity index (χ0v) is 12.1. The average Bonchev–Trinajstić information content (AvgIpc) is 2.87. The standard InChI is InChI=1S/C15H21N5/c1-10-5-3-7-12(9-10)20-15(17-18-19-20)14-11(2)6-4-8-13(14)16/h4,6,8,10,12H,3,5,7,9,16H2,1-2H3. The van der Waals surface area contributed by atoms with E-state index in [-0.39, 0.29) is 0 Å². The first-order valence-corrected chi connectivity index (χ1v) is 7.30. The van der Waals surface area contributed by atoms with E-state index in [9.17, 15) is 0 Å². The van der Waals surface area contributed by atoms with Gasteiger partial charge in [0.2, 0.25) is 0 Å². The van der Waals surface area contributed by atoms with Gasteiger partial charge in [0.15, 0.2) is 5.82 Å². The van der Waals surface area contributed by atoms with Gasteiger partial charge in [0.1, 0.15) is 0 Å². The van der Waals surface area contributed by atoms with Crippen LogP contribution in [0.25, 0.3) is 11.4 Å². The van der Waals surface area contributed by atoms with Gasteiger partial charge in [-0.3, -0.25) is 0 Å². The van der Waals surface area contributed by atoms with Gasteiger partial charge < -0.3 is 5.73 Å². The fourth-order valence-corrected chi connectivity index (χ4v) is 3.22. The summed E-state index contributed by atoms with van der Waals surface area (Å²) in [4.78, 5) is 0. The molecule has 2 aromatic rings. The number of hydrogen-bond acceptors (Lipinski definition) is 4. The molecule has 0 amide bonds. The molecule has 2 atom stereocenters. The minimum Gasteiger partial charge on any atom is -0.398 e. The van der Waals surface area contributed by atoms with Crippen molar-refractivity contribution >= 4 is 5.69 Å². The maximum atomic E-state index is 6.13. The van der Waals surface area contributed by atoms with Crippen LogP contribution in [0.1, 0.15) is 44.2 Å². The lowest BCUT2D eigenvalue weighted by Gasteiger charge is -2.27. The van der Waals surface area contributed by atoms with Crippen LogP contribution in [0.15, 0.2) is 18.2 Å². The molecule has 106 valence electrons. The van der Waals surface area contributed by atoms with Crippen LogP contribution >= 0.6 is 0 Å². The second kappa shape index (κ2) is 5.23. The summed E-state index contributed by atoms with van der Waals surface area (Å²) >= 11 is 0. The van der Waals surface area contributed by atoms with Crippen molar-refractivity contribution < 1.29 is 0 Å². The van der Waals surface area contributed by atoms with E-state index in [4.69, 9.17) is 5.73 Å². The van der Waals surface area contributed by atoms with E-state index < -0.39 is 0 Å². The third-order valence-corrected chi connectivity index (χ3v) is 4.28. The Balaban J connectivity index is 2.02. The number of hydrogen-bond donors (Lipinski definition) is 1. The highest BCUT2D eigenvalue weighted by Crippen LogP contribution is 2.35. The van der Waals surface area contributed by atoms with Gasteiger partial charge in [0.05, 0.1) is 6.04 Å². The summed E-state index contributed by atoms with van der Waals surface area (Å²) in [5.74, 6) is 1.54. The van der Waals surface area contributed by atoms with E-state index >= 15 is 0 Å². The van der Waals surface area contributed by atoms with E-state index in [1.807, 2.05) is 29.8 Å². The van der Waals surface area contributed by atoms with Gasteiger partial charge in [-0.05, 0) is 47.7 Å². The largest absolute Gasteiger partial charge is 0.398 e. The molecule has 0 saturated heterocycles. The number of aryl methyl sites for hydroxylation is 1. The summed E-state index contributed by atoms with van der Waals surface area (Å²) in [6, 6.07) is 6.31. The fraction of sp³-hybridized carbons (Fsp3) is 0.533.